The minimum Gasteiger partial charge on any atom is -0.466 e. The molecule has 4 nitrogen and oxygen atoms in total. The molecule has 0 amide bonds. The second kappa shape index (κ2) is 9.58. The van der Waals surface area contributed by atoms with Crippen LogP contribution in [0.3, 0.4) is 0 Å². The topological polar surface area (TPSA) is 36.9 Å². The standard InChI is InChI=1S/C23H28O4/c1-4-5-6-9-17-12-13-20-21(14-17)23(27-16-25-3)19-11-8-7-10-18(19)22(20)26-15-24-2/h7-8,10-14H,4-6,9,15-16H2,1-3H3. The van der Waals surface area contributed by atoms with Crippen LogP contribution in [0.4, 0.5) is 0 Å². The summed E-state index contributed by atoms with van der Waals surface area (Å²) in [5.41, 5.74) is 1.31. The molecule has 0 bridgehead atoms. The number of unbranched alkanes of at least 4 members (excludes halogenated alkanes) is 2. The molecule has 0 atom stereocenters. The number of hydrogen-bond acceptors (Lipinski definition) is 4. The fraction of sp³-hybridized carbons (Fsp3) is 0.391. The van der Waals surface area contributed by atoms with Crippen molar-refractivity contribution in [2.45, 2.75) is 32.6 Å². The summed E-state index contributed by atoms with van der Waals surface area (Å²) in [5, 5.41) is 4.09. The predicted octanol–water partition coefficient (Wildman–Crippen LogP) is 5.69. The molecule has 0 aliphatic rings. The van der Waals surface area contributed by atoms with Crippen molar-refractivity contribution in [2.24, 2.45) is 0 Å². The molecule has 0 aromatic heterocycles. The van der Waals surface area contributed by atoms with Gasteiger partial charge in [-0.05, 0) is 24.5 Å². The van der Waals surface area contributed by atoms with E-state index in [1.807, 2.05) is 12.1 Å². The van der Waals surface area contributed by atoms with Gasteiger partial charge in [-0.25, -0.2) is 0 Å². The fourth-order valence-electron chi connectivity index (χ4n) is 3.43. The smallest absolute Gasteiger partial charge is 0.188 e. The van der Waals surface area contributed by atoms with Gasteiger partial charge in [0.05, 0.1) is 0 Å². The molecule has 4 heteroatoms. The molecule has 144 valence electrons. The van der Waals surface area contributed by atoms with Crippen molar-refractivity contribution in [2.75, 3.05) is 27.8 Å². The molecule has 0 heterocycles. The summed E-state index contributed by atoms with van der Waals surface area (Å²) >= 11 is 0. The van der Waals surface area contributed by atoms with Gasteiger partial charge in [-0.3, -0.25) is 0 Å². The van der Waals surface area contributed by atoms with Gasteiger partial charge in [0.15, 0.2) is 13.6 Å². The van der Waals surface area contributed by atoms with Crippen LogP contribution in [0.25, 0.3) is 21.5 Å². The van der Waals surface area contributed by atoms with Gasteiger partial charge in [0.2, 0.25) is 0 Å². The van der Waals surface area contributed by atoms with Gasteiger partial charge >= 0.3 is 0 Å². The predicted molar refractivity (Wildman–Crippen MR) is 110 cm³/mol. The first kappa shape index (κ1) is 19.5. The molecular weight excluding hydrogens is 340 g/mol. The Bertz CT molecular complexity index is 888. The summed E-state index contributed by atoms with van der Waals surface area (Å²) < 4.78 is 22.3. The summed E-state index contributed by atoms with van der Waals surface area (Å²) in [6.45, 7) is 2.63. The minimum absolute atomic E-state index is 0.204. The molecule has 0 spiro atoms. The van der Waals surface area contributed by atoms with E-state index in [2.05, 4.69) is 37.3 Å². The van der Waals surface area contributed by atoms with Crippen molar-refractivity contribution in [3.05, 3.63) is 48.0 Å². The van der Waals surface area contributed by atoms with Crippen LogP contribution in [0.15, 0.2) is 42.5 Å². The number of aryl methyl sites for hydroxylation is 1. The van der Waals surface area contributed by atoms with E-state index in [1.165, 1.54) is 24.8 Å². The molecule has 0 fully saturated rings. The second-order valence-electron chi connectivity index (χ2n) is 6.64. The lowest BCUT2D eigenvalue weighted by molar-refractivity contribution is 0.0516. The summed E-state index contributed by atoms with van der Waals surface area (Å²) in [6.07, 6.45) is 4.71. The van der Waals surface area contributed by atoms with E-state index in [0.29, 0.717) is 0 Å². The average molecular weight is 368 g/mol. The second-order valence-corrected chi connectivity index (χ2v) is 6.64. The third-order valence-corrected chi connectivity index (χ3v) is 4.70. The molecule has 0 aliphatic carbocycles. The Morgan fingerprint density at radius 2 is 1.30 bits per heavy atom. The van der Waals surface area contributed by atoms with E-state index in [4.69, 9.17) is 18.9 Å². The molecule has 27 heavy (non-hydrogen) atoms. The van der Waals surface area contributed by atoms with Crippen LogP contribution >= 0.6 is 0 Å². The van der Waals surface area contributed by atoms with E-state index in [-0.39, 0.29) is 13.6 Å². The summed E-state index contributed by atoms with van der Waals surface area (Å²) in [6, 6.07) is 14.7. The largest absolute Gasteiger partial charge is 0.466 e. The van der Waals surface area contributed by atoms with Gasteiger partial charge in [-0.2, -0.15) is 0 Å². The maximum Gasteiger partial charge on any atom is 0.188 e. The Morgan fingerprint density at radius 3 is 1.89 bits per heavy atom. The van der Waals surface area contributed by atoms with E-state index in [1.54, 1.807) is 14.2 Å². The quantitative estimate of drug-likeness (QED) is 0.262. The van der Waals surface area contributed by atoms with Gasteiger partial charge in [-0.15, -0.1) is 0 Å². The Balaban J connectivity index is 2.19. The molecule has 0 N–H and O–H groups in total. The minimum atomic E-state index is 0.204. The van der Waals surface area contributed by atoms with E-state index < -0.39 is 0 Å². The van der Waals surface area contributed by atoms with Crippen molar-refractivity contribution in [1.29, 1.82) is 0 Å². The maximum atomic E-state index is 6.01. The normalized spacial score (nSPS) is 11.2. The Hall–Kier alpha value is -2.30. The third-order valence-electron chi connectivity index (χ3n) is 4.70. The Kier molecular flexibility index (Phi) is 6.91. The highest BCUT2D eigenvalue weighted by Gasteiger charge is 2.16. The molecule has 0 saturated heterocycles. The number of ether oxygens (including phenoxy) is 4. The summed E-state index contributed by atoms with van der Waals surface area (Å²) in [7, 11) is 3.27. The molecule has 0 aliphatic heterocycles. The lowest BCUT2D eigenvalue weighted by atomic mass is 9.97. The average Bonchev–Trinajstić information content (AvgIpc) is 2.70. The first-order valence-electron chi connectivity index (χ1n) is 9.51. The fourth-order valence-corrected chi connectivity index (χ4v) is 3.43. The van der Waals surface area contributed by atoms with Gasteiger partial charge in [-0.1, -0.05) is 56.2 Å². The van der Waals surface area contributed by atoms with Crippen molar-refractivity contribution in [3.8, 4) is 11.5 Å². The van der Waals surface area contributed by atoms with Crippen LogP contribution in [-0.4, -0.2) is 27.8 Å². The lowest BCUT2D eigenvalue weighted by Crippen LogP contribution is -2.04. The highest BCUT2D eigenvalue weighted by molar-refractivity contribution is 6.11. The number of hydrogen-bond donors (Lipinski definition) is 0. The molecule has 0 saturated carbocycles. The van der Waals surface area contributed by atoms with Crippen LogP contribution < -0.4 is 9.47 Å². The number of methoxy groups -OCH3 is 2. The SMILES string of the molecule is CCCCCc1ccc2c(OCOC)c3ccccc3c(OCOC)c2c1. The molecule has 3 aromatic rings. The summed E-state index contributed by atoms with van der Waals surface area (Å²) in [5.74, 6) is 1.66. The molecular formula is C23H28O4. The van der Waals surface area contributed by atoms with Crippen molar-refractivity contribution < 1.29 is 18.9 Å². The first-order valence-corrected chi connectivity index (χ1v) is 9.51. The molecule has 0 unspecified atom stereocenters. The van der Waals surface area contributed by atoms with Gasteiger partial charge in [0, 0.05) is 35.8 Å². The van der Waals surface area contributed by atoms with Crippen LogP contribution in [0.5, 0.6) is 11.5 Å². The zero-order valence-electron chi connectivity index (χ0n) is 16.4. The van der Waals surface area contributed by atoms with Crippen LogP contribution in [0.2, 0.25) is 0 Å². The van der Waals surface area contributed by atoms with E-state index in [9.17, 15) is 0 Å². The molecule has 0 radical (unpaired) electrons. The van der Waals surface area contributed by atoms with E-state index in [0.717, 1.165) is 39.5 Å². The van der Waals surface area contributed by atoms with Crippen molar-refractivity contribution in [1.82, 2.24) is 0 Å². The third kappa shape index (κ3) is 4.34. The summed E-state index contributed by atoms with van der Waals surface area (Å²) in [4.78, 5) is 0. The molecule has 3 rings (SSSR count). The van der Waals surface area contributed by atoms with Crippen molar-refractivity contribution in [3.63, 3.8) is 0 Å². The Morgan fingerprint density at radius 1 is 0.704 bits per heavy atom. The Labute approximate surface area is 161 Å². The zero-order chi connectivity index (χ0) is 19.1. The van der Waals surface area contributed by atoms with Crippen LogP contribution in [0.1, 0.15) is 31.7 Å². The van der Waals surface area contributed by atoms with Crippen molar-refractivity contribution >= 4 is 21.5 Å². The van der Waals surface area contributed by atoms with Gasteiger partial charge in [0.25, 0.3) is 0 Å². The van der Waals surface area contributed by atoms with Crippen LogP contribution in [0, 0.1) is 0 Å². The first-order chi connectivity index (χ1) is 13.3. The van der Waals surface area contributed by atoms with Gasteiger partial charge < -0.3 is 18.9 Å². The lowest BCUT2D eigenvalue weighted by Gasteiger charge is -2.18. The zero-order valence-corrected chi connectivity index (χ0v) is 16.4. The highest BCUT2D eigenvalue weighted by Crippen LogP contribution is 2.43. The maximum absolute atomic E-state index is 6.01. The number of benzene rings is 3. The molecule has 3 aromatic carbocycles. The van der Waals surface area contributed by atoms with E-state index >= 15 is 0 Å². The number of rotatable bonds is 10. The highest BCUT2D eigenvalue weighted by atomic mass is 16.7. The van der Waals surface area contributed by atoms with Gasteiger partial charge in [0.1, 0.15) is 11.5 Å². The van der Waals surface area contributed by atoms with Crippen LogP contribution in [-0.2, 0) is 15.9 Å². The number of fused-ring (bicyclic) bond motifs is 2. The monoisotopic (exact) mass is 368 g/mol.